The molecule has 11 heteroatoms. The van der Waals surface area contributed by atoms with Crippen molar-refractivity contribution < 1.29 is 32.2 Å². The lowest BCUT2D eigenvalue weighted by atomic mass is 9.96. The summed E-state index contributed by atoms with van der Waals surface area (Å²) in [6.45, 7) is 2.99. The molecule has 1 saturated heterocycles. The van der Waals surface area contributed by atoms with Gasteiger partial charge in [-0.2, -0.15) is 18.4 Å². The number of ether oxygens (including phenoxy) is 2. The summed E-state index contributed by atoms with van der Waals surface area (Å²) in [5.74, 6) is -1.61. The highest BCUT2D eigenvalue weighted by Crippen LogP contribution is 2.38. The molecule has 0 aliphatic carbocycles. The number of likely N-dealkylation sites (tertiary alicyclic amines) is 1. The van der Waals surface area contributed by atoms with Crippen molar-refractivity contribution in [3.8, 4) is 23.3 Å². The summed E-state index contributed by atoms with van der Waals surface area (Å²) < 4.78 is 49.6. The third-order valence-electron chi connectivity index (χ3n) is 5.79. The maximum Gasteiger partial charge on any atom is 0.416 e. The first-order chi connectivity index (χ1) is 17.0. The Morgan fingerprint density at radius 1 is 1.11 bits per heavy atom. The number of ketones is 1. The Morgan fingerprint density at radius 2 is 1.81 bits per heavy atom. The van der Waals surface area contributed by atoms with E-state index in [1.165, 1.54) is 18.2 Å². The molecule has 1 unspecified atom stereocenters. The highest BCUT2D eigenvalue weighted by Gasteiger charge is 2.32. The van der Waals surface area contributed by atoms with Gasteiger partial charge in [-0.1, -0.05) is 30.1 Å². The number of hydrogen-bond donors (Lipinski definition) is 0. The van der Waals surface area contributed by atoms with Gasteiger partial charge in [-0.15, -0.1) is 0 Å². The Morgan fingerprint density at radius 3 is 2.42 bits per heavy atom. The second kappa shape index (κ2) is 11.8. The Kier molecular flexibility index (Phi) is 9.09. The molecule has 1 amide bonds. The van der Waals surface area contributed by atoms with Crippen LogP contribution in [0.2, 0.25) is 10.0 Å². The SMILES string of the molecule is CC1CCN(C(=O)C(C#N)C(=O)CCOc2cc(Oc3ccc(C(F)(F)F)cc3Cl)ccc2Cl)CC1. The summed E-state index contributed by atoms with van der Waals surface area (Å²) in [5, 5.41) is 9.37. The third-order valence-corrected chi connectivity index (χ3v) is 6.40. The van der Waals surface area contributed by atoms with Crippen molar-refractivity contribution in [1.29, 1.82) is 5.26 Å². The van der Waals surface area contributed by atoms with Crippen LogP contribution in [-0.2, 0) is 15.8 Å². The van der Waals surface area contributed by atoms with E-state index in [2.05, 4.69) is 6.92 Å². The summed E-state index contributed by atoms with van der Waals surface area (Å²) in [7, 11) is 0. The minimum atomic E-state index is -4.54. The Bertz CT molecular complexity index is 1160. The average Bonchev–Trinajstić information content (AvgIpc) is 2.82. The van der Waals surface area contributed by atoms with Crippen LogP contribution in [0, 0.1) is 23.2 Å². The maximum absolute atomic E-state index is 12.8. The molecule has 1 fully saturated rings. The number of amides is 1. The van der Waals surface area contributed by atoms with Crippen LogP contribution in [0.15, 0.2) is 36.4 Å². The number of hydrogen-bond acceptors (Lipinski definition) is 5. The molecule has 2 aromatic rings. The molecule has 0 radical (unpaired) electrons. The molecule has 6 nitrogen and oxygen atoms in total. The van der Waals surface area contributed by atoms with Crippen molar-refractivity contribution in [2.45, 2.75) is 32.4 Å². The summed E-state index contributed by atoms with van der Waals surface area (Å²) in [4.78, 5) is 26.7. The Labute approximate surface area is 216 Å². The molecule has 1 heterocycles. The molecule has 192 valence electrons. The number of piperidine rings is 1. The van der Waals surface area contributed by atoms with Gasteiger partial charge in [-0.3, -0.25) is 9.59 Å². The molecular formula is C25H23Cl2F3N2O4. The van der Waals surface area contributed by atoms with E-state index in [4.69, 9.17) is 32.7 Å². The van der Waals surface area contributed by atoms with E-state index in [-0.39, 0.29) is 40.3 Å². The van der Waals surface area contributed by atoms with Crippen LogP contribution in [0.1, 0.15) is 31.7 Å². The van der Waals surface area contributed by atoms with E-state index >= 15 is 0 Å². The summed E-state index contributed by atoms with van der Waals surface area (Å²) in [6, 6.07) is 8.81. The van der Waals surface area contributed by atoms with E-state index < -0.39 is 29.3 Å². The second-order valence-electron chi connectivity index (χ2n) is 8.47. The zero-order chi connectivity index (χ0) is 26.5. The van der Waals surface area contributed by atoms with Crippen LogP contribution < -0.4 is 9.47 Å². The largest absolute Gasteiger partial charge is 0.491 e. The first kappa shape index (κ1) is 27.6. The Hall–Kier alpha value is -2.96. The molecular weight excluding hydrogens is 520 g/mol. The van der Waals surface area contributed by atoms with Gasteiger partial charge >= 0.3 is 6.18 Å². The van der Waals surface area contributed by atoms with Crippen molar-refractivity contribution in [1.82, 2.24) is 4.90 Å². The minimum Gasteiger partial charge on any atom is -0.491 e. The number of halogens is 5. The van der Waals surface area contributed by atoms with Gasteiger partial charge in [0.05, 0.1) is 28.3 Å². The minimum absolute atomic E-state index is 0.00408. The lowest BCUT2D eigenvalue weighted by Gasteiger charge is -2.31. The molecule has 0 spiro atoms. The smallest absolute Gasteiger partial charge is 0.416 e. The second-order valence-corrected chi connectivity index (χ2v) is 9.29. The van der Waals surface area contributed by atoms with Crippen LogP contribution in [0.5, 0.6) is 17.2 Å². The van der Waals surface area contributed by atoms with Gasteiger partial charge in [-0.05, 0) is 49.1 Å². The predicted octanol–water partition coefficient (Wildman–Crippen LogP) is 6.54. The molecule has 0 N–H and O–H groups in total. The summed E-state index contributed by atoms with van der Waals surface area (Å²) >= 11 is 12.1. The lowest BCUT2D eigenvalue weighted by molar-refractivity contribution is -0.140. The van der Waals surface area contributed by atoms with Gasteiger partial charge in [0.2, 0.25) is 5.91 Å². The number of Topliss-reactive ketones (excluding diaryl/α,β-unsaturated/α-hetero) is 1. The topological polar surface area (TPSA) is 79.6 Å². The van der Waals surface area contributed by atoms with Crippen molar-refractivity contribution in [3.63, 3.8) is 0 Å². The van der Waals surface area contributed by atoms with Crippen LogP contribution in [0.25, 0.3) is 0 Å². The normalized spacial score (nSPS) is 15.2. The van der Waals surface area contributed by atoms with Gasteiger partial charge in [0.25, 0.3) is 0 Å². The predicted molar refractivity (Wildman–Crippen MR) is 127 cm³/mol. The monoisotopic (exact) mass is 542 g/mol. The van der Waals surface area contributed by atoms with Gasteiger partial charge in [0.1, 0.15) is 17.2 Å². The molecule has 0 aromatic heterocycles. The quantitative estimate of drug-likeness (QED) is 0.354. The number of rotatable bonds is 8. The van der Waals surface area contributed by atoms with Crippen molar-refractivity contribution in [2.24, 2.45) is 11.8 Å². The molecule has 1 atom stereocenters. The molecule has 3 rings (SSSR count). The van der Waals surface area contributed by atoms with Gasteiger partial charge in [0, 0.05) is 25.6 Å². The highest BCUT2D eigenvalue weighted by atomic mass is 35.5. The highest BCUT2D eigenvalue weighted by molar-refractivity contribution is 6.32. The maximum atomic E-state index is 12.8. The fraction of sp³-hybridized carbons (Fsp3) is 0.400. The zero-order valence-electron chi connectivity index (χ0n) is 19.3. The Balaban J connectivity index is 1.60. The van der Waals surface area contributed by atoms with E-state index in [9.17, 15) is 28.0 Å². The molecule has 2 aromatic carbocycles. The first-order valence-corrected chi connectivity index (χ1v) is 11.9. The zero-order valence-corrected chi connectivity index (χ0v) is 20.8. The number of benzene rings is 2. The van der Waals surface area contributed by atoms with E-state index in [0.717, 1.165) is 31.0 Å². The molecule has 0 bridgehead atoms. The van der Waals surface area contributed by atoms with Gasteiger partial charge < -0.3 is 14.4 Å². The van der Waals surface area contributed by atoms with E-state index in [1.807, 2.05) is 0 Å². The summed E-state index contributed by atoms with van der Waals surface area (Å²) in [5.41, 5.74) is -0.909. The standard InChI is InChI=1S/C25H23Cl2F3N2O4/c1-15-6-9-32(10-7-15)24(34)18(14-31)21(33)8-11-35-23-13-17(3-4-19(23)26)36-22-5-2-16(12-20(22)27)25(28,29)30/h2-5,12-13,15,18H,6-11H2,1H3. The summed E-state index contributed by atoms with van der Waals surface area (Å²) in [6.07, 6.45) is -3.08. The molecule has 0 saturated carbocycles. The molecule has 1 aliphatic heterocycles. The third kappa shape index (κ3) is 7.05. The van der Waals surface area contributed by atoms with Crippen LogP contribution in [0.3, 0.4) is 0 Å². The fourth-order valence-corrected chi connectivity index (χ4v) is 4.02. The number of carbonyl (C=O) groups excluding carboxylic acids is 2. The van der Waals surface area contributed by atoms with Crippen LogP contribution in [-0.4, -0.2) is 36.3 Å². The number of alkyl halides is 3. The molecule has 36 heavy (non-hydrogen) atoms. The number of carbonyl (C=O) groups is 2. The number of nitrogens with zero attached hydrogens (tertiary/aromatic N) is 2. The fourth-order valence-electron chi connectivity index (χ4n) is 3.63. The van der Waals surface area contributed by atoms with Crippen LogP contribution >= 0.6 is 23.2 Å². The lowest BCUT2D eigenvalue weighted by Crippen LogP contribution is -2.43. The molecule has 1 aliphatic rings. The van der Waals surface area contributed by atoms with Crippen molar-refractivity contribution >= 4 is 34.9 Å². The first-order valence-electron chi connectivity index (χ1n) is 11.2. The average molecular weight is 543 g/mol. The van der Waals surface area contributed by atoms with Crippen LogP contribution in [0.4, 0.5) is 13.2 Å². The van der Waals surface area contributed by atoms with Gasteiger partial charge in [0.15, 0.2) is 11.7 Å². The van der Waals surface area contributed by atoms with Gasteiger partial charge in [-0.25, -0.2) is 0 Å². The van der Waals surface area contributed by atoms with E-state index in [1.54, 1.807) is 11.0 Å². The van der Waals surface area contributed by atoms with Crippen molar-refractivity contribution in [2.75, 3.05) is 19.7 Å². The van der Waals surface area contributed by atoms with E-state index in [0.29, 0.717) is 19.0 Å². The number of nitriles is 1. The van der Waals surface area contributed by atoms with Crippen molar-refractivity contribution in [3.05, 3.63) is 52.0 Å².